The Kier molecular flexibility index (Phi) is 4.59. The van der Waals surface area contributed by atoms with Crippen LogP contribution in [0.25, 0.3) is 0 Å². The highest BCUT2D eigenvalue weighted by Crippen LogP contribution is 2.25. The van der Waals surface area contributed by atoms with Gasteiger partial charge in [0.25, 0.3) is 0 Å². The van der Waals surface area contributed by atoms with E-state index in [1.54, 1.807) is 12.1 Å². The van der Waals surface area contributed by atoms with Crippen LogP contribution in [0, 0.1) is 18.7 Å². The van der Waals surface area contributed by atoms with Gasteiger partial charge in [0, 0.05) is 24.8 Å². The minimum atomic E-state index is -0.729. The second kappa shape index (κ2) is 6.82. The van der Waals surface area contributed by atoms with E-state index in [4.69, 9.17) is 5.11 Å². The minimum absolute atomic E-state index is 0.277. The first kappa shape index (κ1) is 16.2. The van der Waals surface area contributed by atoms with Crippen LogP contribution in [-0.2, 0) is 4.79 Å². The fourth-order valence-electron chi connectivity index (χ4n) is 2.81. The van der Waals surface area contributed by atoms with Crippen molar-refractivity contribution in [3.63, 3.8) is 0 Å². The average Bonchev–Trinajstić information content (AvgIpc) is 2.56. The highest BCUT2D eigenvalue weighted by atomic mass is 19.1. The number of carboxylic acids is 1. The van der Waals surface area contributed by atoms with E-state index in [9.17, 15) is 9.18 Å². The zero-order valence-corrected chi connectivity index (χ0v) is 13.4. The van der Waals surface area contributed by atoms with Crippen LogP contribution in [0.2, 0.25) is 0 Å². The number of anilines is 3. The van der Waals surface area contributed by atoms with E-state index in [-0.39, 0.29) is 11.7 Å². The Bertz CT molecular complexity index is 728. The van der Waals surface area contributed by atoms with Crippen molar-refractivity contribution in [1.29, 1.82) is 0 Å². The third kappa shape index (κ3) is 3.79. The summed E-state index contributed by atoms with van der Waals surface area (Å²) in [6, 6.07) is 7.88. The van der Waals surface area contributed by atoms with Crippen LogP contribution in [0.3, 0.4) is 0 Å². The monoisotopic (exact) mass is 330 g/mol. The van der Waals surface area contributed by atoms with Gasteiger partial charge in [0.05, 0.1) is 5.92 Å². The number of aliphatic carboxylic acids is 1. The summed E-state index contributed by atoms with van der Waals surface area (Å²) in [6.45, 7) is 3.12. The Balaban J connectivity index is 1.74. The Hall–Kier alpha value is -2.70. The third-order valence-corrected chi connectivity index (χ3v) is 4.11. The molecule has 0 spiro atoms. The lowest BCUT2D eigenvalue weighted by Crippen LogP contribution is -2.36. The molecule has 1 saturated heterocycles. The van der Waals surface area contributed by atoms with Gasteiger partial charge in [-0.3, -0.25) is 4.79 Å². The number of aromatic nitrogens is 2. The standard InChI is InChI=1S/C17H19FN4O2/c1-11-19-15(21-14-4-2-13(18)3-5-14)10-16(20-11)22-8-6-12(7-9-22)17(23)24/h2-5,10,12H,6-9H2,1H3,(H,23,24)(H,19,20,21). The molecule has 2 N–H and O–H groups in total. The molecule has 1 aromatic heterocycles. The van der Waals surface area contributed by atoms with Crippen molar-refractivity contribution in [2.24, 2.45) is 5.92 Å². The third-order valence-electron chi connectivity index (χ3n) is 4.11. The first-order chi connectivity index (χ1) is 11.5. The van der Waals surface area contributed by atoms with Gasteiger partial charge in [-0.25, -0.2) is 14.4 Å². The quantitative estimate of drug-likeness (QED) is 0.897. The summed E-state index contributed by atoms with van der Waals surface area (Å²) in [5.74, 6) is 0.729. The van der Waals surface area contributed by atoms with Crippen molar-refractivity contribution in [1.82, 2.24) is 9.97 Å². The molecule has 0 saturated carbocycles. The van der Waals surface area contributed by atoms with E-state index in [0.717, 1.165) is 11.5 Å². The molecule has 6 nitrogen and oxygen atoms in total. The SMILES string of the molecule is Cc1nc(Nc2ccc(F)cc2)cc(N2CCC(C(=O)O)CC2)n1. The fourth-order valence-corrected chi connectivity index (χ4v) is 2.81. The van der Waals surface area contributed by atoms with Gasteiger partial charge in [0.1, 0.15) is 23.3 Å². The zero-order chi connectivity index (χ0) is 17.1. The van der Waals surface area contributed by atoms with Crippen molar-refractivity contribution in [2.45, 2.75) is 19.8 Å². The number of aryl methyl sites for hydroxylation is 1. The number of nitrogens with one attached hydrogen (secondary N) is 1. The predicted octanol–water partition coefficient (Wildman–Crippen LogP) is 2.97. The zero-order valence-electron chi connectivity index (χ0n) is 13.4. The molecule has 0 aliphatic carbocycles. The van der Waals surface area contributed by atoms with Crippen LogP contribution < -0.4 is 10.2 Å². The van der Waals surface area contributed by atoms with E-state index in [2.05, 4.69) is 20.2 Å². The number of carboxylic acid groups (broad SMARTS) is 1. The van der Waals surface area contributed by atoms with Gasteiger partial charge in [-0.15, -0.1) is 0 Å². The van der Waals surface area contributed by atoms with Crippen molar-refractivity contribution >= 4 is 23.3 Å². The summed E-state index contributed by atoms with van der Waals surface area (Å²) in [5, 5.41) is 12.2. The predicted molar refractivity (Wildman–Crippen MR) is 89.0 cm³/mol. The van der Waals surface area contributed by atoms with E-state index < -0.39 is 5.97 Å². The molecule has 0 bridgehead atoms. The molecule has 1 aromatic carbocycles. The maximum Gasteiger partial charge on any atom is 0.306 e. The summed E-state index contributed by atoms with van der Waals surface area (Å²) in [7, 11) is 0. The Morgan fingerprint density at radius 2 is 1.92 bits per heavy atom. The first-order valence-electron chi connectivity index (χ1n) is 7.87. The molecule has 24 heavy (non-hydrogen) atoms. The Morgan fingerprint density at radius 1 is 1.25 bits per heavy atom. The van der Waals surface area contributed by atoms with Crippen LogP contribution in [0.4, 0.5) is 21.7 Å². The highest BCUT2D eigenvalue weighted by Gasteiger charge is 2.25. The summed E-state index contributed by atoms with van der Waals surface area (Å²) in [4.78, 5) is 21.9. The Labute approximate surface area is 139 Å². The normalized spacial score (nSPS) is 15.3. The number of hydrogen-bond acceptors (Lipinski definition) is 5. The Morgan fingerprint density at radius 3 is 2.54 bits per heavy atom. The van der Waals surface area contributed by atoms with Gasteiger partial charge in [0.2, 0.25) is 0 Å². The summed E-state index contributed by atoms with van der Waals surface area (Å²) >= 11 is 0. The molecule has 0 atom stereocenters. The molecule has 2 heterocycles. The van der Waals surface area contributed by atoms with Crippen LogP contribution in [0.5, 0.6) is 0 Å². The first-order valence-corrected chi connectivity index (χ1v) is 7.87. The van der Waals surface area contributed by atoms with Crippen molar-refractivity contribution in [3.05, 3.63) is 42.0 Å². The topological polar surface area (TPSA) is 78.4 Å². The molecular formula is C17H19FN4O2. The number of hydrogen-bond donors (Lipinski definition) is 2. The van der Waals surface area contributed by atoms with Crippen LogP contribution in [0.15, 0.2) is 30.3 Å². The largest absolute Gasteiger partial charge is 0.481 e. The van der Waals surface area contributed by atoms with Crippen molar-refractivity contribution in [2.75, 3.05) is 23.3 Å². The lowest BCUT2D eigenvalue weighted by atomic mass is 9.97. The molecule has 3 rings (SSSR count). The lowest BCUT2D eigenvalue weighted by Gasteiger charge is -2.31. The fraction of sp³-hybridized carbons (Fsp3) is 0.353. The van der Waals surface area contributed by atoms with Crippen LogP contribution in [-0.4, -0.2) is 34.1 Å². The summed E-state index contributed by atoms with van der Waals surface area (Å²) in [5.41, 5.74) is 0.741. The average molecular weight is 330 g/mol. The smallest absolute Gasteiger partial charge is 0.306 e. The number of piperidine rings is 1. The van der Waals surface area contributed by atoms with Gasteiger partial charge >= 0.3 is 5.97 Å². The van der Waals surface area contributed by atoms with Crippen molar-refractivity contribution in [3.8, 4) is 0 Å². The number of nitrogens with zero attached hydrogens (tertiary/aromatic N) is 3. The maximum atomic E-state index is 13.0. The van der Waals surface area contributed by atoms with Crippen LogP contribution >= 0.6 is 0 Å². The van der Waals surface area contributed by atoms with E-state index in [0.29, 0.717) is 37.6 Å². The molecule has 1 aliphatic rings. The van der Waals surface area contributed by atoms with Gasteiger partial charge in [-0.1, -0.05) is 0 Å². The molecule has 1 fully saturated rings. The van der Waals surface area contributed by atoms with Gasteiger partial charge in [-0.2, -0.15) is 0 Å². The highest BCUT2D eigenvalue weighted by molar-refractivity contribution is 5.70. The number of halogens is 1. The minimum Gasteiger partial charge on any atom is -0.481 e. The second-order valence-corrected chi connectivity index (χ2v) is 5.89. The molecule has 0 radical (unpaired) electrons. The maximum absolute atomic E-state index is 13.0. The van der Waals surface area contributed by atoms with Gasteiger partial charge in [-0.05, 0) is 44.0 Å². The molecular weight excluding hydrogens is 311 g/mol. The molecule has 0 unspecified atom stereocenters. The number of rotatable bonds is 4. The summed E-state index contributed by atoms with van der Waals surface area (Å²) in [6.07, 6.45) is 1.22. The van der Waals surface area contributed by atoms with E-state index in [1.807, 2.05) is 13.0 Å². The molecule has 7 heteroatoms. The molecule has 1 aliphatic heterocycles. The van der Waals surface area contributed by atoms with Gasteiger partial charge in [0.15, 0.2) is 0 Å². The number of carbonyl (C=O) groups is 1. The lowest BCUT2D eigenvalue weighted by molar-refractivity contribution is -0.142. The number of benzene rings is 1. The molecule has 2 aromatic rings. The van der Waals surface area contributed by atoms with E-state index in [1.165, 1.54) is 12.1 Å². The van der Waals surface area contributed by atoms with E-state index >= 15 is 0 Å². The molecule has 126 valence electrons. The van der Waals surface area contributed by atoms with Crippen molar-refractivity contribution < 1.29 is 14.3 Å². The van der Waals surface area contributed by atoms with Gasteiger partial charge < -0.3 is 15.3 Å². The second-order valence-electron chi connectivity index (χ2n) is 5.89. The van der Waals surface area contributed by atoms with Crippen LogP contribution in [0.1, 0.15) is 18.7 Å². The molecule has 0 amide bonds. The summed E-state index contributed by atoms with van der Waals surface area (Å²) < 4.78 is 13.0.